The number of hydrogen-bond donors (Lipinski definition) is 1. The molecule has 0 radical (unpaired) electrons. The molecule has 2 rings (SSSR count). The van der Waals surface area contributed by atoms with Crippen molar-refractivity contribution in [2.45, 2.75) is 25.5 Å². The van der Waals surface area contributed by atoms with Gasteiger partial charge in [-0.3, -0.25) is 0 Å². The Labute approximate surface area is 132 Å². The average Bonchev–Trinajstić information content (AvgIpc) is 2.89. The van der Waals surface area contributed by atoms with Crippen molar-refractivity contribution in [2.75, 3.05) is 44.1 Å². The summed E-state index contributed by atoms with van der Waals surface area (Å²) >= 11 is 0. The predicted molar refractivity (Wildman–Crippen MR) is 89.4 cm³/mol. The molecule has 0 aromatic heterocycles. The lowest BCUT2D eigenvalue weighted by atomic mass is 10.1. The van der Waals surface area contributed by atoms with Gasteiger partial charge in [-0.1, -0.05) is 0 Å². The number of benzene rings is 1. The van der Waals surface area contributed by atoms with Crippen LogP contribution in [0.1, 0.15) is 18.4 Å². The van der Waals surface area contributed by atoms with E-state index in [2.05, 4.69) is 0 Å². The topological polar surface area (TPSA) is 75.9 Å². The summed E-state index contributed by atoms with van der Waals surface area (Å²) in [5.41, 5.74) is 8.36. The highest BCUT2D eigenvalue weighted by Crippen LogP contribution is 2.25. The summed E-state index contributed by atoms with van der Waals surface area (Å²) in [6.07, 6.45) is 3.12. The molecule has 0 unspecified atom stereocenters. The summed E-state index contributed by atoms with van der Waals surface area (Å²) in [6, 6.07) is 5.57. The molecule has 0 saturated carbocycles. The summed E-state index contributed by atoms with van der Waals surface area (Å²) in [7, 11) is 0.549. The van der Waals surface area contributed by atoms with Crippen LogP contribution in [0, 0.1) is 0 Å². The number of hydrogen-bond acceptors (Lipinski definition) is 5. The highest BCUT2D eigenvalue weighted by Gasteiger charge is 2.25. The molecule has 6 nitrogen and oxygen atoms in total. The van der Waals surface area contributed by atoms with Crippen LogP contribution >= 0.6 is 0 Å². The maximum absolute atomic E-state index is 12.1. The summed E-state index contributed by atoms with van der Waals surface area (Å²) in [4.78, 5) is 1.96. The molecule has 1 aliphatic rings. The second-order valence-electron chi connectivity index (χ2n) is 5.97. The van der Waals surface area contributed by atoms with Crippen LogP contribution in [0.25, 0.3) is 0 Å². The molecule has 7 heteroatoms. The first-order valence-corrected chi connectivity index (χ1v) is 9.24. The van der Waals surface area contributed by atoms with E-state index in [0.717, 1.165) is 24.1 Å². The van der Waals surface area contributed by atoms with Gasteiger partial charge < -0.3 is 15.4 Å². The van der Waals surface area contributed by atoms with Gasteiger partial charge in [-0.15, -0.1) is 0 Å². The van der Waals surface area contributed by atoms with Gasteiger partial charge in [0.25, 0.3) is 0 Å². The van der Waals surface area contributed by atoms with E-state index in [9.17, 15) is 8.42 Å². The van der Waals surface area contributed by atoms with E-state index in [-0.39, 0.29) is 6.10 Å². The minimum Gasteiger partial charge on any atom is -0.399 e. The van der Waals surface area contributed by atoms with Crippen molar-refractivity contribution in [3.05, 3.63) is 23.8 Å². The Morgan fingerprint density at radius 2 is 2.09 bits per heavy atom. The normalized spacial score (nSPS) is 18.8. The van der Waals surface area contributed by atoms with Crippen LogP contribution in [0.15, 0.2) is 18.2 Å². The summed E-state index contributed by atoms with van der Waals surface area (Å²) < 4.78 is 31.3. The van der Waals surface area contributed by atoms with Crippen molar-refractivity contribution in [3.63, 3.8) is 0 Å². The fourth-order valence-corrected chi connectivity index (χ4v) is 3.50. The van der Waals surface area contributed by atoms with Crippen molar-refractivity contribution in [1.29, 1.82) is 0 Å². The molecule has 1 saturated heterocycles. The zero-order valence-electron chi connectivity index (χ0n) is 13.4. The number of nitrogen functional groups attached to an aromatic ring is 1. The largest absolute Gasteiger partial charge is 0.399 e. The Kier molecular flexibility index (Phi) is 5.31. The average molecular weight is 327 g/mol. The molecule has 1 aromatic rings. The van der Waals surface area contributed by atoms with Crippen LogP contribution in [0.2, 0.25) is 0 Å². The number of ether oxygens (including phenoxy) is 1. The fraction of sp³-hybridized carbons (Fsp3) is 0.600. The third kappa shape index (κ3) is 4.34. The summed E-state index contributed by atoms with van der Waals surface area (Å²) in [5, 5.41) is 0. The van der Waals surface area contributed by atoms with Crippen molar-refractivity contribution in [2.24, 2.45) is 0 Å². The van der Waals surface area contributed by atoms with Gasteiger partial charge in [-0.2, -0.15) is 4.31 Å². The zero-order chi connectivity index (χ0) is 16.3. The lowest BCUT2D eigenvalue weighted by Gasteiger charge is -2.26. The van der Waals surface area contributed by atoms with Crippen LogP contribution < -0.4 is 10.6 Å². The minimum absolute atomic E-state index is 0.0152. The van der Waals surface area contributed by atoms with Crippen molar-refractivity contribution in [1.82, 2.24) is 4.31 Å². The van der Waals surface area contributed by atoms with E-state index in [1.807, 2.05) is 37.2 Å². The molecule has 1 heterocycles. The second kappa shape index (κ2) is 6.85. The van der Waals surface area contributed by atoms with Crippen molar-refractivity contribution >= 4 is 21.4 Å². The Bertz CT molecular complexity index is 610. The Morgan fingerprint density at radius 1 is 1.36 bits per heavy atom. The maximum Gasteiger partial charge on any atom is 0.211 e. The van der Waals surface area contributed by atoms with Gasteiger partial charge in [0, 0.05) is 45.2 Å². The summed E-state index contributed by atoms with van der Waals surface area (Å²) in [5.74, 6) is 0. The molecule has 1 atom stereocenters. The van der Waals surface area contributed by atoms with Crippen molar-refractivity contribution < 1.29 is 13.2 Å². The second-order valence-corrected chi connectivity index (χ2v) is 7.96. The van der Waals surface area contributed by atoms with Gasteiger partial charge in [-0.05, 0) is 36.6 Å². The first-order valence-electron chi connectivity index (χ1n) is 7.40. The van der Waals surface area contributed by atoms with Crippen LogP contribution in [-0.2, 0) is 21.3 Å². The lowest BCUT2D eigenvalue weighted by Crippen LogP contribution is -2.36. The molecular formula is C15H25N3O3S. The monoisotopic (exact) mass is 327 g/mol. The smallest absolute Gasteiger partial charge is 0.211 e. The number of rotatable bonds is 6. The third-order valence-electron chi connectivity index (χ3n) is 3.83. The van der Waals surface area contributed by atoms with Crippen LogP contribution in [0.3, 0.4) is 0 Å². The van der Waals surface area contributed by atoms with Gasteiger partial charge in [-0.25, -0.2) is 8.42 Å². The van der Waals surface area contributed by atoms with E-state index in [1.54, 1.807) is 0 Å². The predicted octanol–water partition coefficient (Wildman–Crippen LogP) is 1.28. The van der Waals surface area contributed by atoms with Crippen LogP contribution in [0.4, 0.5) is 11.4 Å². The fourth-order valence-electron chi connectivity index (χ4n) is 2.69. The highest BCUT2D eigenvalue weighted by atomic mass is 32.2. The molecule has 0 spiro atoms. The van der Waals surface area contributed by atoms with Gasteiger partial charge >= 0.3 is 0 Å². The lowest BCUT2D eigenvalue weighted by molar-refractivity contribution is 0.0928. The number of sulfonamides is 1. The van der Waals surface area contributed by atoms with Crippen molar-refractivity contribution in [3.8, 4) is 0 Å². The highest BCUT2D eigenvalue weighted by molar-refractivity contribution is 7.88. The Balaban J connectivity index is 2.24. The SMILES string of the molecule is CN(C)c1ccc(N)cc1CN(C[C@H]1CCCO1)S(C)(=O)=O. The number of nitrogens with zero attached hydrogens (tertiary/aromatic N) is 2. The van der Waals surface area contributed by atoms with E-state index >= 15 is 0 Å². The van der Waals surface area contributed by atoms with Gasteiger partial charge in [0.2, 0.25) is 10.0 Å². The van der Waals surface area contributed by atoms with E-state index in [4.69, 9.17) is 10.5 Å². The standard InChI is InChI=1S/C15H25N3O3S/c1-17(2)15-7-6-13(16)9-12(15)10-18(22(3,19)20)11-14-5-4-8-21-14/h6-7,9,14H,4-5,8,10-11,16H2,1-3H3/t14-/m1/s1. The molecule has 1 fully saturated rings. The van der Waals surface area contributed by atoms with Gasteiger partial charge in [0.05, 0.1) is 12.4 Å². The number of nitrogens with two attached hydrogens (primary N) is 1. The molecule has 0 bridgehead atoms. The molecule has 1 aliphatic heterocycles. The zero-order valence-corrected chi connectivity index (χ0v) is 14.3. The quantitative estimate of drug-likeness (QED) is 0.797. The number of anilines is 2. The van der Waals surface area contributed by atoms with E-state index in [1.165, 1.54) is 10.6 Å². The summed E-state index contributed by atoms with van der Waals surface area (Å²) in [6.45, 7) is 1.40. The molecule has 2 N–H and O–H groups in total. The van der Waals surface area contributed by atoms with E-state index < -0.39 is 10.0 Å². The molecule has 0 aliphatic carbocycles. The first kappa shape index (κ1) is 17.1. The molecule has 0 amide bonds. The van der Waals surface area contributed by atoms with E-state index in [0.29, 0.717) is 25.4 Å². The third-order valence-corrected chi connectivity index (χ3v) is 5.05. The van der Waals surface area contributed by atoms with Crippen LogP contribution in [0.5, 0.6) is 0 Å². The van der Waals surface area contributed by atoms with Crippen LogP contribution in [-0.4, -0.2) is 52.3 Å². The maximum atomic E-state index is 12.1. The van der Waals surface area contributed by atoms with Gasteiger partial charge in [0.15, 0.2) is 0 Å². The molecule has 124 valence electrons. The first-order chi connectivity index (χ1) is 10.3. The molecule has 22 heavy (non-hydrogen) atoms. The Hall–Kier alpha value is -1.31. The molecule has 1 aromatic carbocycles. The Morgan fingerprint density at radius 3 is 2.64 bits per heavy atom. The van der Waals surface area contributed by atoms with Gasteiger partial charge in [0.1, 0.15) is 0 Å². The minimum atomic E-state index is -3.31. The molecular weight excluding hydrogens is 302 g/mol.